The van der Waals surface area contributed by atoms with Gasteiger partial charge in [-0.1, -0.05) is 46.1 Å². The van der Waals surface area contributed by atoms with Crippen molar-refractivity contribution >= 4 is 27.3 Å². The van der Waals surface area contributed by atoms with Crippen LogP contribution in [0.2, 0.25) is 0 Å². The molecule has 2 N–H and O–H groups in total. The number of carbonyl (C=O) groups excluding carboxylic acids is 1. The van der Waals surface area contributed by atoms with Gasteiger partial charge in [-0.25, -0.2) is 18.1 Å². The van der Waals surface area contributed by atoms with Gasteiger partial charge >= 0.3 is 0 Å². The van der Waals surface area contributed by atoms with Crippen LogP contribution in [0, 0.1) is 5.92 Å². The summed E-state index contributed by atoms with van der Waals surface area (Å²) in [4.78, 5) is 19.2. The average Bonchev–Trinajstić information content (AvgIpc) is 3.18. The molecule has 1 aromatic heterocycles. The van der Waals surface area contributed by atoms with E-state index in [0.717, 1.165) is 41.0 Å². The van der Waals surface area contributed by atoms with Crippen LogP contribution in [-0.2, 0) is 26.6 Å². The van der Waals surface area contributed by atoms with Gasteiger partial charge < -0.3 is 10.1 Å². The molecule has 1 saturated carbocycles. The molecule has 37 heavy (non-hydrogen) atoms. The molecular weight excluding hydrogens is 506 g/mol. The Morgan fingerprint density at radius 1 is 1.08 bits per heavy atom. The van der Waals surface area contributed by atoms with Crippen molar-refractivity contribution in [1.82, 2.24) is 15.0 Å². The first-order valence-corrected chi connectivity index (χ1v) is 15.6. The molecule has 2 aliphatic rings. The van der Waals surface area contributed by atoms with Crippen molar-refractivity contribution in [1.29, 1.82) is 0 Å². The Morgan fingerprint density at radius 3 is 2.32 bits per heavy atom. The Labute approximate surface area is 225 Å². The van der Waals surface area contributed by atoms with Crippen molar-refractivity contribution in [3.05, 3.63) is 34.5 Å². The van der Waals surface area contributed by atoms with Crippen LogP contribution in [0.3, 0.4) is 0 Å². The minimum Gasteiger partial charge on any atom is -0.381 e. The number of hydrogen-bond donors (Lipinski definition) is 2. The lowest BCUT2D eigenvalue weighted by Gasteiger charge is -2.27. The smallest absolute Gasteiger partial charge is 0.280 e. The summed E-state index contributed by atoms with van der Waals surface area (Å²) in [6, 6.07) is 5.66. The lowest BCUT2D eigenvalue weighted by molar-refractivity contribution is 0.0696. The number of hydrogen-bond acceptors (Lipinski definition) is 6. The predicted octanol–water partition coefficient (Wildman–Crippen LogP) is 5.44. The predicted molar refractivity (Wildman–Crippen MR) is 149 cm³/mol. The molecule has 0 atom stereocenters. The maximum Gasteiger partial charge on any atom is 0.280 e. The number of sulfonamides is 1. The molecule has 1 aliphatic heterocycles. The summed E-state index contributed by atoms with van der Waals surface area (Å²) in [5.74, 6) is 0.451. The first-order valence-electron chi connectivity index (χ1n) is 13.3. The molecule has 1 saturated heterocycles. The first-order chi connectivity index (χ1) is 17.2. The second-order valence-corrected chi connectivity index (χ2v) is 15.1. The third kappa shape index (κ3) is 6.99. The lowest BCUT2D eigenvalue weighted by atomic mass is 9.81. The van der Waals surface area contributed by atoms with Crippen LogP contribution < -0.4 is 10.0 Å². The maximum atomic E-state index is 13.3. The Kier molecular flexibility index (Phi) is 8.19. The molecule has 0 spiro atoms. The minimum atomic E-state index is -3.72. The average molecular weight is 548 g/mol. The van der Waals surface area contributed by atoms with Crippen LogP contribution in [0.15, 0.2) is 23.1 Å². The summed E-state index contributed by atoms with van der Waals surface area (Å²) in [7, 11) is -3.72. The van der Waals surface area contributed by atoms with Crippen molar-refractivity contribution in [3.8, 4) is 10.4 Å². The molecule has 2 heterocycles. The molecule has 1 amide bonds. The van der Waals surface area contributed by atoms with Crippen molar-refractivity contribution in [2.75, 3.05) is 13.2 Å². The van der Waals surface area contributed by atoms with Gasteiger partial charge in [0.15, 0.2) is 5.01 Å². The highest BCUT2D eigenvalue weighted by Crippen LogP contribution is 2.39. The largest absolute Gasteiger partial charge is 0.381 e. The quantitative estimate of drug-likeness (QED) is 0.481. The number of nitrogens with zero attached hydrogens (tertiary/aromatic N) is 1. The molecule has 1 aromatic carbocycles. The van der Waals surface area contributed by atoms with Gasteiger partial charge in [-0.3, -0.25) is 4.79 Å². The fourth-order valence-electron chi connectivity index (χ4n) is 4.82. The van der Waals surface area contributed by atoms with Gasteiger partial charge in [0.1, 0.15) is 0 Å². The summed E-state index contributed by atoms with van der Waals surface area (Å²) in [6.07, 6.45) is 6.07. The summed E-state index contributed by atoms with van der Waals surface area (Å²) < 4.78 is 34.9. The van der Waals surface area contributed by atoms with Gasteiger partial charge in [0.05, 0.1) is 15.5 Å². The van der Waals surface area contributed by atoms with E-state index >= 15 is 0 Å². The SMILES string of the molecule is CC(C)(C)NS(=O)(=O)c1ccc(-c2sc(C(=O)NC3CCOCC3)nc2CC2CCC2)cc1C(C)(C)C. The minimum absolute atomic E-state index is 0.107. The highest BCUT2D eigenvalue weighted by Gasteiger charge is 2.31. The summed E-state index contributed by atoms with van der Waals surface area (Å²) in [5, 5.41) is 3.61. The highest BCUT2D eigenvalue weighted by atomic mass is 32.2. The number of nitrogens with one attached hydrogen (secondary N) is 2. The van der Waals surface area contributed by atoms with Gasteiger partial charge in [0.2, 0.25) is 10.0 Å². The second kappa shape index (κ2) is 10.8. The van der Waals surface area contributed by atoms with Crippen molar-refractivity contribution in [3.63, 3.8) is 0 Å². The second-order valence-electron chi connectivity index (χ2n) is 12.5. The normalized spacial score (nSPS) is 18.0. The Hall–Kier alpha value is -1.81. The molecule has 2 fully saturated rings. The third-order valence-electron chi connectivity index (χ3n) is 6.93. The van der Waals surface area contributed by atoms with Crippen molar-refractivity contribution in [2.24, 2.45) is 5.92 Å². The Balaban J connectivity index is 1.73. The zero-order chi connectivity index (χ0) is 27.0. The third-order valence-corrected chi connectivity index (χ3v) is 9.90. The molecule has 0 radical (unpaired) electrons. The molecule has 4 rings (SSSR count). The van der Waals surface area contributed by atoms with Crippen LogP contribution in [0.25, 0.3) is 10.4 Å². The molecule has 9 heteroatoms. The Bertz CT molecular complexity index is 1230. The van der Waals surface area contributed by atoms with E-state index in [9.17, 15) is 13.2 Å². The van der Waals surface area contributed by atoms with E-state index < -0.39 is 21.0 Å². The number of thiazole rings is 1. The van der Waals surface area contributed by atoms with E-state index in [1.807, 2.05) is 53.7 Å². The highest BCUT2D eigenvalue weighted by molar-refractivity contribution is 7.89. The molecule has 7 nitrogen and oxygen atoms in total. The van der Waals surface area contributed by atoms with Crippen LogP contribution in [0.5, 0.6) is 0 Å². The van der Waals surface area contributed by atoms with Gasteiger partial charge in [0.25, 0.3) is 5.91 Å². The van der Waals surface area contributed by atoms with Gasteiger partial charge in [-0.15, -0.1) is 11.3 Å². The van der Waals surface area contributed by atoms with Crippen LogP contribution in [0.4, 0.5) is 0 Å². The topological polar surface area (TPSA) is 97.4 Å². The molecular formula is C28H41N3O4S2. The number of carbonyl (C=O) groups is 1. The van der Waals surface area contributed by atoms with Gasteiger partial charge in [-0.05, 0) is 74.6 Å². The van der Waals surface area contributed by atoms with Crippen LogP contribution in [-0.4, -0.2) is 44.1 Å². The molecule has 0 bridgehead atoms. The van der Waals surface area contributed by atoms with E-state index in [1.54, 1.807) is 6.07 Å². The van der Waals surface area contributed by atoms with E-state index in [4.69, 9.17) is 9.72 Å². The van der Waals surface area contributed by atoms with E-state index in [1.165, 1.54) is 30.6 Å². The lowest BCUT2D eigenvalue weighted by Crippen LogP contribution is -2.41. The monoisotopic (exact) mass is 547 g/mol. The van der Waals surface area contributed by atoms with Crippen LogP contribution in [0.1, 0.15) is 94.7 Å². The fraction of sp³-hybridized carbons (Fsp3) is 0.643. The number of amides is 1. The van der Waals surface area contributed by atoms with E-state index in [0.29, 0.717) is 29.0 Å². The van der Waals surface area contributed by atoms with E-state index in [-0.39, 0.29) is 11.9 Å². The molecule has 1 aliphatic carbocycles. The standard InChI is InChI=1S/C28H41N3O4S2/c1-27(2,3)21-17-19(10-11-23(21)37(33,34)31-28(4,5)6)24-22(16-18-8-7-9-18)30-26(36-24)25(32)29-20-12-14-35-15-13-20/h10-11,17-18,20,31H,7-9,12-16H2,1-6H3,(H,29,32). The molecule has 2 aromatic rings. The van der Waals surface area contributed by atoms with Crippen LogP contribution >= 0.6 is 11.3 Å². The van der Waals surface area contributed by atoms with Gasteiger partial charge in [0, 0.05) is 24.8 Å². The van der Waals surface area contributed by atoms with Gasteiger partial charge in [-0.2, -0.15) is 0 Å². The Morgan fingerprint density at radius 2 is 1.76 bits per heavy atom. The zero-order valence-corrected chi connectivity index (χ0v) is 24.6. The fourth-order valence-corrected chi connectivity index (χ4v) is 7.63. The number of aromatic nitrogens is 1. The van der Waals surface area contributed by atoms with E-state index in [2.05, 4.69) is 10.0 Å². The van der Waals surface area contributed by atoms with Crippen molar-refractivity contribution < 1.29 is 17.9 Å². The summed E-state index contributed by atoms with van der Waals surface area (Å²) in [6.45, 7) is 12.9. The molecule has 204 valence electrons. The number of ether oxygens (including phenoxy) is 1. The number of benzene rings is 1. The molecule has 0 unspecified atom stereocenters. The number of rotatable bonds is 7. The summed E-state index contributed by atoms with van der Waals surface area (Å²) in [5.41, 5.74) is 1.61. The summed E-state index contributed by atoms with van der Waals surface area (Å²) >= 11 is 1.41. The van der Waals surface area contributed by atoms with Crippen molar-refractivity contribution in [2.45, 2.75) is 102 Å². The maximum absolute atomic E-state index is 13.3. The zero-order valence-electron chi connectivity index (χ0n) is 22.9. The first kappa shape index (κ1) is 28.2.